The van der Waals surface area contributed by atoms with Crippen LogP contribution in [0.2, 0.25) is 0 Å². The van der Waals surface area contributed by atoms with E-state index in [1.54, 1.807) is 0 Å². The number of unbranched alkanes of at least 4 members (excludes halogenated alkanes) is 4. The molecule has 2 atom stereocenters. The highest BCUT2D eigenvalue weighted by molar-refractivity contribution is 5.69. The summed E-state index contributed by atoms with van der Waals surface area (Å²) in [6.07, 6.45) is 13.7. The van der Waals surface area contributed by atoms with Crippen molar-refractivity contribution in [3.63, 3.8) is 0 Å². The Morgan fingerprint density at radius 3 is 2.08 bits per heavy atom. The summed E-state index contributed by atoms with van der Waals surface area (Å²) in [5.74, 6) is 2.26. The highest BCUT2D eigenvalue weighted by Crippen LogP contribution is 2.25. The second-order valence-electron chi connectivity index (χ2n) is 10.7. The van der Waals surface area contributed by atoms with E-state index in [2.05, 4.69) is 55.0 Å². The maximum absolute atomic E-state index is 12.2. The van der Waals surface area contributed by atoms with Crippen LogP contribution < -0.4 is 4.74 Å². The van der Waals surface area contributed by atoms with Crippen LogP contribution in [0, 0.1) is 5.92 Å². The molecule has 3 aromatic rings. The molecule has 0 aliphatic carbocycles. The van der Waals surface area contributed by atoms with Crippen LogP contribution in [0.5, 0.6) is 5.75 Å². The van der Waals surface area contributed by atoms with Crippen molar-refractivity contribution in [2.24, 2.45) is 5.92 Å². The van der Waals surface area contributed by atoms with E-state index in [0.717, 1.165) is 59.8 Å². The van der Waals surface area contributed by atoms with Crippen LogP contribution in [-0.4, -0.2) is 28.6 Å². The molecule has 0 amide bonds. The van der Waals surface area contributed by atoms with Crippen molar-refractivity contribution in [1.82, 2.24) is 9.97 Å². The molecule has 5 nitrogen and oxygen atoms in total. The zero-order chi connectivity index (χ0) is 27.9. The third-order valence-electron chi connectivity index (χ3n) is 7.18. The van der Waals surface area contributed by atoms with Gasteiger partial charge in [0.05, 0.1) is 6.61 Å². The van der Waals surface area contributed by atoms with Crippen molar-refractivity contribution >= 4 is 5.97 Å². The summed E-state index contributed by atoms with van der Waals surface area (Å²) in [5.41, 5.74) is 4.21. The zero-order valence-electron chi connectivity index (χ0n) is 24.3. The van der Waals surface area contributed by atoms with E-state index in [9.17, 15) is 4.79 Å². The van der Waals surface area contributed by atoms with E-state index < -0.39 is 0 Å². The molecule has 2 aromatic carbocycles. The number of aromatic nitrogens is 2. The maximum atomic E-state index is 12.2. The lowest BCUT2D eigenvalue weighted by atomic mass is 10.0. The Kier molecular flexibility index (Phi) is 13.0. The van der Waals surface area contributed by atoms with E-state index in [4.69, 9.17) is 9.47 Å². The second-order valence-corrected chi connectivity index (χ2v) is 10.7. The fourth-order valence-corrected chi connectivity index (χ4v) is 4.51. The Bertz CT molecular complexity index is 1090. The molecule has 0 radical (unpaired) electrons. The van der Waals surface area contributed by atoms with E-state index in [1.807, 2.05) is 43.6 Å². The van der Waals surface area contributed by atoms with Crippen LogP contribution in [0.1, 0.15) is 91.0 Å². The molecule has 1 unspecified atom stereocenters. The lowest BCUT2D eigenvalue weighted by molar-refractivity contribution is -0.148. The third-order valence-corrected chi connectivity index (χ3v) is 7.18. The van der Waals surface area contributed by atoms with Gasteiger partial charge < -0.3 is 9.47 Å². The largest absolute Gasteiger partial charge is 0.494 e. The molecule has 0 bridgehead atoms. The van der Waals surface area contributed by atoms with Gasteiger partial charge >= 0.3 is 5.97 Å². The molecule has 0 N–H and O–H groups in total. The van der Waals surface area contributed by atoms with E-state index >= 15 is 0 Å². The summed E-state index contributed by atoms with van der Waals surface area (Å²) in [6.45, 7) is 9.41. The predicted molar refractivity (Wildman–Crippen MR) is 160 cm³/mol. The van der Waals surface area contributed by atoms with Crippen LogP contribution in [0.4, 0.5) is 0 Å². The first-order valence-corrected chi connectivity index (χ1v) is 14.8. The molecule has 0 saturated heterocycles. The van der Waals surface area contributed by atoms with Gasteiger partial charge in [-0.05, 0) is 54.5 Å². The molecule has 0 spiro atoms. The minimum Gasteiger partial charge on any atom is -0.494 e. The normalized spacial score (nSPS) is 12.6. The quantitative estimate of drug-likeness (QED) is 0.129. The van der Waals surface area contributed by atoms with Crippen molar-refractivity contribution in [2.45, 2.75) is 98.0 Å². The number of rotatable bonds is 17. The molecule has 3 rings (SSSR count). The predicted octanol–water partition coefficient (Wildman–Crippen LogP) is 8.85. The Balaban J connectivity index is 1.44. The van der Waals surface area contributed by atoms with Crippen molar-refractivity contribution in [3.8, 4) is 28.3 Å². The van der Waals surface area contributed by atoms with Gasteiger partial charge in [-0.1, -0.05) is 95.7 Å². The average molecular weight is 531 g/mol. The van der Waals surface area contributed by atoms with Gasteiger partial charge in [0.25, 0.3) is 0 Å². The number of nitrogens with zero attached hydrogens (tertiary/aromatic N) is 2. The highest BCUT2D eigenvalue weighted by Gasteiger charge is 2.12. The summed E-state index contributed by atoms with van der Waals surface area (Å²) >= 11 is 0. The standard InChI is InChI=1S/C34H46N2O3/c1-5-7-11-22-38-32-20-18-30(19-21-32)29-14-16-31(17-15-29)34-35-24-28(25-36-34)23-27(4)39-33(37)13-10-8-9-12-26(3)6-2/h14-21,24-27H,5-13,22-23H2,1-4H3/t26-,27?/m0/s1. The molecule has 1 heterocycles. The van der Waals surface area contributed by atoms with Gasteiger partial charge in [0.15, 0.2) is 5.82 Å². The number of carbonyl (C=O) groups is 1. The summed E-state index contributed by atoms with van der Waals surface area (Å²) in [4.78, 5) is 21.3. The SMILES string of the molecule is CCCCCOc1ccc(-c2ccc(-c3ncc(CC(C)OC(=O)CCCCC[C@@H](C)CC)cn3)cc2)cc1. The first kappa shape index (κ1) is 30.3. The van der Waals surface area contributed by atoms with Gasteiger partial charge in [0, 0.05) is 30.8 Å². The zero-order valence-corrected chi connectivity index (χ0v) is 24.3. The first-order chi connectivity index (χ1) is 19.0. The third kappa shape index (κ3) is 10.8. The molecule has 5 heteroatoms. The van der Waals surface area contributed by atoms with E-state index in [0.29, 0.717) is 18.7 Å². The first-order valence-electron chi connectivity index (χ1n) is 14.8. The molecule has 39 heavy (non-hydrogen) atoms. The Hall–Kier alpha value is -3.21. The fourth-order valence-electron chi connectivity index (χ4n) is 4.51. The molecule has 0 saturated carbocycles. The maximum Gasteiger partial charge on any atom is 0.306 e. The topological polar surface area (TPSA) is 61.3 Å². The molecular weight excluding hydrogens is 484 g/mol. The van der Waals surface area contributed by atoms with Crippen LogP contribution in [0.25, 0.3) is 22.5 Å². The minimum atomic E-state index is -0.195. The van der Waals surface area contributed by atoms with Crippen molar-refractivity contribution in [2.75, 3.05) is 6.61 Å². The fraction of sp³-hybridized carbons (Fsp3) is 0.500. The highest BCUT2D eigenvalue weighted by atomic mass is 16.5. The van der Waals surface area contributed by atoms with Crippen LogP contribution in [-0.2, 0) is 16.0 Å². The molecule has 1 aromatic heterocycles. The van der Waals surface area contributed by atoms with E-state index in [-0.39, 0.29) is 12.1 Å². The number of benzene rings is 2. The molecular formula is C34H46N2O3. The van der Waals surface area contributed by atoms with Gasteiger partial charge in [-0.15, -0.1) is 0 Å². The Labute approximate surface area is 235 Å². The average Bonchev–Trinajstić information content (AvgIpc) is 2.96. The van der Waals surface area contributed by atoms with Crippen molar-refractivity contribution < 1.29 is 14.3 Å². The lowest BCUT2D eigenvalue weighted by Gasteiger charge is -2.13. The summed E-state index contributed by atoms with van der Waals surface area (Å²) in [5, 5.41) is 0. The number of ether oxygens (including phenoxy) is 2. The Morgan fingerprint density at radius 2 is 1.44 bits per heavy atom. The number of hydrogen-bond acceptors (Lipinski definition) is 5. The lowest BCUT2D eigenvalue weighted by Crippen LogP contribution is -2.17. The van der Waals surface area contributed by atoms with Gasteiger partial charge in [0.2, 0.25) is 0 Å². The van der Waals surface area contributed by atoms with Gasteiger partial charge in [-0.2, -0.15) is 0 Å². The van der Waals surface area contributed by atoms with Crippen molar-refractivity contribution in [3.05, 3.63) is 66.5 Å². The number of carbonyl (C=O) groups excluding carboxylic acids is 1. The van der Waals surface area contributed by atoms with Gasteiger partial charge in [0.1, 0.15) is 11.9 Å². The molecule has 210 valence electrons. The number of esters is 1. The van der Waals surface area contributed by atoms with Crippen LogP contribution in [0.15, 0.2) is 60.9 Å². The summed E-state index contributed by atoms with van der Waals surface area (Å²) < 4.78 is 11.4. The smallest absolute Gasteiger partial charge is 0.306 e. The summed E-state index contributed by atoms with van der Waals surface area (Å²) in [7, 11) is 0. The summed E-state index contributed by atoms with van der Waals surface area (Å²) in [6, 6.07) is 16.5. The Morgan fingerprint density at radius 1 is 0.795 bits per heavy atom. The monoisotopic (exact) mass is 530 g/mol. The van der Waals surface area contributed by atoms with Crippen LogP contribution in [0.3, 0.4) is 0 Å². The van der Waals surface area contributed by atoms with Gasteiger partial charge in [-0.25, -0.2) is 9.97 Å². The second kappa shape index (κ2) is 16.7. The molecule has 0 fully saturated rings. The van der Waals surface area contributed by atoms with Gasteiger partial charge in [-0.3, -0.25) is 4.79 Å². The molecule has 0 aliphatic rings. The minimum absolute atomic E-state index is 0.113. The van der Waals surface area contributed by atoms with E-state index in [1.165, 1.54) is 32.1 Å². The number of hydrogen-bond donors (Lipinski definition) is 0. The van der Waals surface area contributed by atoms with Crippen molar-refractivity contribution in [1.29, 1.82) is 0 Å². The molecule has 0 aliphatic heterocycles. The van der Waals surface area contributed by atoms with Crippen LogP contribution >= 0.6 is 0 Å².